The van der Waals surface area contributed by atoms with Gasteiger partial charge in [-0.25, -0.2) is 0 Å². The predicted octanol–water partition coefficient (Wildman–Crippen LogP) is 1.54. The Morgan fingerprint density at radius 3 is 2.54 bits per heavy atom. The van der Waals surface area contributed by atoms with Crippen molar-refractivity contribution in [2.75, 3.05) is 6.54 Å². The van der Waals surface area contributed by atoms with Gasteiger partial charge in [0, 0.05) is 12.6 Å². The van der Waals surface area contributed by atoms with Crippen molar-refractivity contribution in [3.8, 4) is 0 Å². The van der Waals surface area contributed by atoms with Gasteiger partial charge in [0.2, 0.25) is 0 Å². The fraction of sp³-hybridized carbons (Fsp3) is 1.00. The smallest absolute Gasteiger partial charge is 0.0715 e. The number of nitrogens with one attached hydrogen (secondary N) is 1. The van der Waals surface area contributed by atoms with Gasteiger partial charge in [-0.2, -0.15) is 0 Å². The van der Waals surface area contributed by atoms with Crippen molar-refractivity contribution in [1.29, 1.82) is 0 Å². The van der Waals surface area contributed by atoms with Crippen LogP contribution in [0.25, 0.3) is 0 Å². The van der Waals surface area contributed by atoms with Gasteiger partial charge in [0.05, 0.1) is 5.60 Å². The predicted molar refractivity (Wildman–Crippen MR) is 53.5 cm³/mol. The molecule has 0 aromatic rings. The molecule has 0 aliphatic heterocycles. The van der Waals surface area contributed by atoms with E-state index < -0.39 is 5.60 Å². The molecule has 76 valence electrons. The van der Waals surface area contributed by atoms with Gasteiger partial charge in [0.15, 0.2) is 0 Å². The van der Waals surface area contributed by atoms with Gasteiger partial charge in [-0.05, 0) is 44.9 Å². The van der Waals surface area contributed by atoms with Crippen molar-refractivity contribution in [2.24, 2.45) is 11.8 Å². The Morgan fingerprint density at radius 1 is 1.31 bits per heavy atom. The topological polar surface area (TPSA) is 32.3 Å². The molecule has 2 fully saturated rings. The Morgan fingerprint density at radius 2 is 2.08 bits per heavy atom. The maximum Gasteiger partial charge on any atom is 0.0715 e. The van der Waals surface area contributed by atoms with Crippen molar-refractivity contribution >= 4 is 0 Å². The number of aliphatic hydroxyl groups is 1. The lowest BCUT2D eigenvalue weighted by Gasteiger charge is -2.27. The molecule has 3 atom stereocenters. The summed E-state index contributed by atoms with van der Waals surface area (Å²) < 4.78 is 0. The third-order valence-corrected chi connectivity index (χ3v) is 3.53. The van der Waals surface area contributed by atoms with Gasteiger partial charge < -0.3 is 10.4 Å². The van der Waals surface area contributed by atoms with E-state index in [0.717, 1.165) is 18.4 Å². The molecule has 2 N–H and O–H groups in total. The SMILES string of the molecule is CC(C)(O)CN[C@@H]1C[C@H]2CC[C@H]1C2. The minimum Gasteiger partial charge on any atom is -0.389 e. The summed E-state index contributed by atoms with van der Waals surface area (Å²) in [4.78, 5) is 0. The first-order chi connectivity index (χ1) is 6.04. The first kappa shape index (κ1) is 9.47. The van der Waals surface area contributed by atoms with Gasteiger partial charge >= 0.3 is 0 Å². The molecule has 0 saturated heterocycles. The highest BCUT2D eigenvalue weighted by Gasteiger charge is 2.39. The maximum atomic E-state index is 9.59. The quantitative estimate of drug-likeness (QED) is 0.695. The second-order valence-corrected chi connectivity index (χ2v) is 5.47. The monoisotopic (exact) mass is 183 g/mol. The summed E-state index contributed by atoms with van der Waals surface area (Å²) in [6, 6.07) is 0.699. The van der Waals surface area contributed by atoms with E-state index in [4.69, 9.17) is 0 Å². The normalized spacial score (nSPS) is 38.5. The van der Waals surface area contributed by atoms with Crippen molar-refractivity contribution in [1.82, 2.24) is 5.32 Å². The molecule has 0 spiro atoms. The minimum absolute atomic E-state index is 0.554. The van der Waals surface area contributed by atoms with Crippen LogP contribution in [-0.4, -0.2) is 23.3 Å². The Kier molecular flexibility index (Phi) is 2.37. The lowest BCUT2D eigenvalue weighted by molar-refractivity contribution is 0.0736. The van der Waals surface area contributed by atoms with Crippen molar-refractivity contribution in [3.05, 3.63) is 0 Å². The summed E-state index contributed by atoms with van der Waals surface area (Å²) in [6.45, 7) is 4.47. The molecular weight excluding hydrogens is 162 g/mol. The van der Waals surface area contributed by atoms with Crippen molar-refractivity contribution in [3.63, 3.8) is 0 Å². The molecule has 2 rings (SSSR count). The van der Waals surface area contributed by atoms with Crippen LogP contribution in [0.4, 0.5) is 0 Å². The summed E-state index contributed by atoms with van der Waals surface area (Å²) >= 11 is 0. The Balaban J connectivity index is 1.78. The summed E-state index contributed by atoms with van der Waals surface area (Å²) in [5, 5.41) is 13.1. The standard InChI is InChI=1S/C11H21NO/c1-11(2,13)7-12-10-6-8-3-4-9(10)5-8/h8-10,12-13H,3-7H2,1-2H3/t8-,9-,10+/m0/s1. The zero-order chi connectivity index (χ0) is 9.47. The number of hydrogen-bond acceptors (Lipinski definition) is 2. The molecule has 0 aromatic carbocycles. The van der Waals surface area contributed by atoms with Crippen LogP contribution in [0.15, 0.2) is 0 Å². The van der Waals surface area contributed by atoms with Gasteiger partial charge in [0.25, 0.3) is 0 Å². The lowest BCUT2D eigenvalue weighted by atomic mass is 9.95. The second kappa shape index (κ2) is 3.25. The molecule has 2 aliphatic carbocycles. The second-order valence-electron chi connectivity index (χ2n) is 5.47. The van der Waals surface area contributed by atoms with Crippen LogP contribution in [0.1, 0.15) is 39.5 Å². The summed E-state index contributed by atoms with van der Waals surface area (Å²) in [5.74, 6) is 1.90. The van der Waals surface area contributed by atoms with E-state index in [0.29, 0.717) is 6.04 Å². The van der Waals surface area contributed by atoms with Crippen molar-refractivity contribution in [2.45, 2.75) is 51.2 Å². The molecule has 0 amide bonds. The third-order valence-electron chi connectivity index (χ3n) is 3.53. The molecule has 2 nitrogen and oxygen atoms in total. The molecule has 0 heterocycles. The summed E-state index contributed by atoms with van der Waals surface area (Å²) in [5.41, 5.74) is -0.554. The molecule has 0 radical (unpaired) electrons. The van der Waals surface area contributed by atoms with E-state index in [9.17, 15) is 5.11 Å². The van der Waals surface area contributed by atoms with E-state index in [2.05, 4.69) is 5.32 Å². The molecule has 2 heteroatoms. The highest BCUT2D eigenvalue weighted by molar-refractivity contribution is 4.94. The van der Waals surface area contributed by atoms with Gasteiger partial charge in [0.1, 0.15) is 0 Å². The van der Waals surface area contributed by atoms with Crippen LogP contribution in [0.3, 0.4) is 0 Å². The summed E-state index contributed by atoms with van der Waals surface area (Å²) in [7, 11) is 0. The zero-order valence-corrected chi connectivity index (χ0v) is 8.71. The maximum absolute atomic E-state index is 9.59. The van der Waals surface area contributed by atoms with Crippen LogP contribution in [0.5, 0.6) is 0 Å². The van der Waals surface area contributed by atoms with Crippen LogP contribution in [0.2, 0.25) is 0 Å². The number of hydrogen-bond donors (Lipinski definition) is 2. The average molecular weight is 183 g/mol. The van der Waals surface area contributed by atoms with Gasteiger partial charge in [-0.15, -0.1) is 0 Å². The lowest BCUT2D eigenvalue weighted by Crippen LogP contribution is -2.42. The first-order valence-electron chi connectivity index (χ1n) is 5.50. The minimum atomic E-state index is -0.554. The van der Waals surface area contributed by atoms with Gasteiger partial charge in [-0.1, -0.05) is 6.42 Å². The van der Waals surface area contributed by atoms with E-state index in [-0.39, 0.29) is 0 Å². The highest BCUT2D eigenvalue weighted by Crippen LogP contribution is 2.44. The van der Waals surface area contributed by atoms with Crippen LogP contribution in [0, 0.1) is 11.8 Å². The molecule has 2 aliphatic rings. The van der Waals surface area contributed by atoms with Crippen LogP contribution < -0.4 is 5.32 Å². The summed E-state index contributed by atoms with van der Waals surface area (Å²) in [6.07, 6.45) is 5.64. The van der Waals surface area contributed by atoms with E-state index >= 15 is 0 Å². The fourth-order valence-electron chi connectivity index (χ4n) is 2.88. The third kappa shape index (κ3) is 2.23. The van der Waals surface area contributed by atoms with Crippen LogP contribution >= 0.6 is 0 Å². The fourth-order valence-corrected chi connectivity index (χ4v) is 2.88. The Labute approximate surface area is 80.7 Å². The molecule has 0 unspecified atom stereocenters. The largest absolute Gasteiger partial charge is 0.389 e. The van der Waals surface area contributed by atoms with E-state index in [1.807, 2.05) is 13.8 Å². The molecule has 13 heavy (non-hydrogen) atoms. The molecule has 0 aromatic heterocycles. The Hall–Kier alpha value is -0.0800. The molecule has 2 saturated carbocycles. The molecule has 2 bridgehead atoms. The average Bonchev–Trinajstić information content (AvgIpc) is 2.58. The van der Waals surface area contributed by atoms with Gasteiger partial charge in [-0.3, -0.25) is 0 Å². The number of fused-ring (bicyclic) bond motifs is 2. The zero-order valence-electron chi connectivity index (χ0n) is 8.71. The van der Waals surface area contributed by atoms with Crippen molar-refractivity contribution < 1.29 is 5.11 Å². The first-order valence-corrected chi connectivity index (χ1v) is 5.50. The highest BCUT2D eigenvalue weighted by atomic mass is 16.3. The van der Waals surface area contributed by atoms with E-state index in [1.54, 1.807) is 0 Å². The molecular formula is C11H21NO. The van der Waals surface area contributed by atoms with Crippen LogP contribution in [-0.2, 0) is 0 Å². The Bertz CT molecular complexity index is 185. The number of rotatable bonds is 3. The van der Waals surface area contributed by atoms with E-state index in [1.165, 1.54) is 25.7 Å².